The molecule has 1 aliphatic rings. The predicted octanol–water partition coefficient (Wildman–Crippen LogP) is 3.28. The molecule has 0 bridgehead atoms. The first-order chi connectivity index (χ1) is 13.0. The van der Waals surface area contributed by atoms with E-state index in [4.69, 9.17) is 0 Å². The third-order valence-corrected chi connectivity index (χ3v) is 5.14. The molecule has 2 N–H and O–H groups in total. The lowest BCUT2D eigenvalue weighted by atomic mass is 10.1. The number of amides is 2. The van der Waals surface area contributed by atoms with E-state index in [1.54, 1.807) is 4.90 Å². The van der Waals surface area contributed by atoms with Gasteiger partial charge in [-0.2, -0.15) is 0 Å². The van der Waals surface area contributed by atoms with E-state index in [1.165, 1.54) is 12.3 Å². The topological polar surface area (TPSA) is 82.3 Å². The monoisotopic (exact) mass is 425 g/mol. The van der Waals surface area contributed by atoms with E-state index in [-0.39, 0.29) is 36.0 Å². The van der Waals surface area contributed by atoms with Crippen LogP contribution < -0.4 is 15.8 Å². The molecule has 7 heteroatoms. The lowest BCUT2D eigenvalue weighted by Gasteiger charge is -2.19. The molecule has 1 aliphatic heterocycles. The molecule has 136 valence electrons. The van der Waals surface area contributed by atoms with E-state index in [1.807, 2.05) is 42.5 Å². The van der Waals surface area contributed by atoms with Gasteiger partial charge < -0.3 is 15.2 Å². The van der Waals surface area contributed by atoms with Gasteiger partial charge in [0.15, 0.2) is 0 Å². The highest BCUT2D eigenvalue weighted by Crippen LogP contribution is 2.32. The number of nitrogens with zero attached hydrogens (tertiary/aromatic N) is 1. The van der Waals surface area contributed by atoms with Crippen LogP contribution in [-0.4, -0.2) is 23.3 Å². The SMILES string of the molecule is O=C(Nc1cc(Br)c[nH]c1=O)[C@H]1CC(=O)N(c2cccc3ccccc23)C1. The molecule has 27 heavy (non-hydrogen) atoms. The molecule has 0 spiro atoms. The van der Waals surface area contributed by atoms with Crippen LogP contribution in [0.2, 0.25) is 0 Å². The Morgan fingerprint density at radius 1 is 1.15 bits per heavy atom. The van der Waals surface area contributed by atoms with Crippen molar-refractivity contribution in [2.75, 3.05) is 16.8 Å². The average Bonchev–Trinajstić information content (AvgIpc) is 3.06. The first-order valence-electron chi connectivity index (χ1n) is 8.50. The summed E-state index contributed by atoms with van der Waals surface area (Å²) in [5.41, 5.74) is 0.570. The predicted molar refractivity (Wildman–Crippen MR) is 108 cm³/mol. The molecule has 2 aromatic carbocycles. The summed E-state index contributed by atoms with van der Waals surface area (Å²) in [4.78, 5) is 41.2. The maximum absolute atomic E-state index is 12.6. The van der Waals surface area contributed by atoms with Crippen molar-refractivity contribution < 1.29 is 9.59 Å². The van der Waals surface area contributed by atoms with Gasteiger partial charge in [0.25, 0.3) is 5.56 Å². The number of hydrogen-bond donors (Lipinski definition) is 2. The standard InChI is InChI=1S/C20H16BrN3O3/c21-14-9-16(20(27)22-10-14)23-19(26)13-8-18(25)24(11-13)17-7-3-5-12-4-1-2-6-15(12)17/h1-7,9-10,13H,8,11H2,(H,22,27)(H,23,26)/t13-/m0/s1. The Kier molecular flexibility index (Phi) is 4.53. The van der Waals surface area contributed by atoms with Crippen LogP contribution in [0.4, 0.5) is 11.4 Å². The number of halogens is 1. The van der Waals surface area contributed by atoms with E-state index >= 15 is 0 Å². The van der Waals surface area contributed by atoms with Gasteiger partial charge in [-0.1, -0.05) is 36.4 Å². The van der Waals surface area contributed by atoms with Crippen LogP contribution in [0.25, 0.3) is 10.8 Å². The number of carbonyl (C=O) groups is 2. The van der Waals surface area contributed by atoms with Gasteiger partial charge >= 0.3 is 0 Å². The van der Waals surface area contributed by atoms with Crippen molar-refractivity contribution in [2.45, 2.75) is 6.42 Å². The molecule has 1 saturated heterocycles. The zero-order chi connectivity index (χ0) is 19.0. The molecule has 1 fully saturated rings. The maximum atomic E-state index is 12.6. The Morgan fingerprint density at radius 3 is 2.78 bits per heavy atom. The number of pyridine rings is 1. The van der Waals surface area contributed by atoms with Gasteiger partial charge in [-0.25, -0.2) is 0 Å². The molecule has 0 saturated carbocycles. The van der Waals surface area contributed by atoms with E-state index in [0.29, 0.717) is 4.47 Å². The minimum atomic E-state index is -0.519. The number of fused-ring (bicyclic) bond motifs is 1. The van der Waals surface area contributed by atoms with E-state index in [9.17, 15) is 14.4 Å². The number of aromatic amines is 1. The van der Waals surface area contributed by atoms with Gasteiger partial charge in [0, 0.05) is 29.0 Å². The molecular weight excluding hydrogens is 410 g/mol. The summed E-state index contributed by atoms with van der Waals surface area (Å²) in [5, 5.41) is 4.64. The van der Waals surface area contributed by atoms with Crippen molar-refractivity contribution in [3.05, 3.63) is 69.6 Å². The molecule has 0 aliphatic carbocycles. The molecule has 0 radical (unpaired) electrons. The number of carbonyl (C=O) groups excluding carboxylic acids is 2. The second-order valence-corrected chi connectivity index (χ2v) is 7.37. The number of H-pyrrole nitrogens is 1. The number of aromatic nitrogens is 1. The Labute approximate surface area is 163 Å². The van der Waals surface area contributed by atoms with Crippen molar-refractivity contribution in [1.29, 1.82) is 0 Å². The molecule has 6 nitrogen and oxygen atoms in total. The van der Waals surface area contributed by atoms with Crippen LogP contribution >= 0.6 is 15.9 Å². The van der Waals surface area contributed by atoms with E-state index < -0.39 is 5.92 Å². The Morgan fingerprint density at radius 2 is 1.93 bits per heavy atom. The van der Waals surface area contributed by atoms with Crippen molar-refractivity contribution in [3.8, 4) is 0 Å². The molecule has 2 amide bonds. The quantitative estimate of drug-likeness (QED) is 0.675. The van der Waals surface area contributed by atoms with Crippen molar-refractivity contribution in [3.63, 3.8) is 0 Å². The fourth-order valence-corrected chi connectivity index (χ4v) is 3.69. The number of anilines is 2. The number of hydrogen-bond acceptors (Lipinski definition) is 3. The summed E-state index contributed by atoms with van der Waals surface area (Å²) >= 11 is 3.26. The number of benzene rings is 2. The lowest BCUT2D eigenvalue weighted by Crippen LogP contribution is -2.29. The fraction of sp³-hybridized carbons (Fsp3) is 0.150. The summed E-state index contributed by atoms with van der Waals surface area (Å²) in [5.74, 6) is -0.959. The van der Waals surface area contributed by atoms with Crippen molar-refractivity contribution >= 4 is 49.9 Å². The van der Waals surface area contributed by atoms with Gasteiger partial charge in [-0.15, -0.1) is 0 Å². The van der Waals surface area contributed by atoms with Crippen LogP contribution in [-0.2, 0) is 9.59 Å². The zero-order valence-corrected chi connectivity index (χ0v) is 15.8. The third kappa shape index (κ3) is 3.38. The normalized spacial score (nSPS) is 16.7. The summed E-state index contributed by atoms with van der Waals surface area (Å²) in [7, 11) is 0. The first kappa shape index (κ1) is 17.5. The fourth-order valence-electron chi connectivity index (χ4n) is 3.34. The van der Waals surface area contributed by atoms with Crippen LogP contribution in [0.3, 0.4) is 0 Å². The van der Waals surface area contributed by atoms with Gasteiger partial charge in [0.05, 0.1) is 11.6 Å². The van der Waals surface area contributed by atoms with Gasteiger partial charge in [0.2, 0.25) is 11.8 Å². The molecule has 1 aromatic heterocycles. The summed E-state index contributed by atoms with van der Waals surface area (Å²) in [6.07, 6.45) is 1.61. The second-order valence-electron chi connectivity index (χ2n) is 6.45. The molecule has 0 unspecified atom stereocenters. The average molecular weight is 426 g/mol. The number of rotatable bonds is 3. The van der Waals surface area contributed by atoms with Crippen molar-refractivity contribution in [2.24, 2.45) is 5.92 Å². The number of nitrogens with one attached hydrogen (secondary N) is 2. The molecule has 2 heterocycles. The molecular formula is C20H16BrN3O3. The highest BCUT2D eigenvalue weighted by atomic mass is 79.9. The third-order valence-electron chi connectivity index (χ3n) is 4.68. The molecule has 1 atom stereocenters. The summed E-state index contributed by atoms with van der Waals surface area (Å²) < 4.78 is 0.650. The van der Waals surface area contributed by atoms with E-state index in [2.05, 4.69) is 26.2 Å². The Hall–Kier alpha value is -2.93. The van der Waals surface area contributed by atoms with Crippen LogP contribution in [0.1, 0.15) is 6.42 Å². The highest BCUT2D eigenvalue weighted by molar-refractivity contribution is 9.10. The zero-order valence-electron chi connectivity index (χ0n) is 14.2. The van der Waals surface area contributed by atoms with Crippen molar-refractivity contribution in [1.82, 2.24) is 4.98 Å². The van der Waals surface area contributed by atoms with Crippen LogP contribution in [0.5, 0.6) is 0 Å². The van der Waals surface area contributed by atoms with Crippen LogP contribution in [0.15, 0.2) is 64.0 Å². The molecule has 4 rings (SSSR count). The molecule has 3 aromatic rings. The second kappa shape index (κ2) is 7.00. The summed E-state index contributed by atoms with van der Waals surface area (Å²) in [6, 6.07) is 15.1. The van der Waals surface area contributed by atoms with Gasteiger partial charge in [-0.05, 0) is 33.4 Å². The van der Waals surface area contributed by atoms with Crippen LogP contribution in [0, 0.1) is 5.92 Å². The van der Waals surface area contributed by atoms with E-state index in [0.717, 1.165) is 16.5 Å². The first-order valence-corrected chi connectivity index (χ1v) is 9.29. The largest absolute Gasteiger partial charge is 0.326 e. The summed E-state index contributed by atoms with van der Waals surface area (Å²) in [6.45, 7) is 0.282. The lowest BCUT2D eigenvalue weighted by molar-refractivity contribution is -0.122. The smallest absolute Gasteiger partial charge is 0.271 e. The van der Waals surface area contributed by atoms with Gasteiger partial charge in [0.1, 0.15) is 5.69 Å². The highest BCUT2D eigenvalue weighted by Gasteiger charge is 2.36. The Balaban J connectivity index is 1.58. The van der Waals surface area contributed by atoms with Gasteiger partial charge in [-0.3, -0.25) is 14.4 Å². The minimum Gasteiger partial charge on any atom is -0.326 e. The Bertz CT molecular complexity index is 1100. The maximum Gasteiger partial charge on any atom is 0.271 e. The minimum absolute atomic E-state index is 0.102.